The summed E-state index contributed by atoms with van der Waals surface area (Å²) in [5.41, 5.74) is -2.34. The van der Waals surface area contributed by atoms with Crippen LogP contribution in [0.3, 0.4) is 0 Å². The van der Waals surface area contributed by atoms with Crippen LogP contribution in [-0.2, 0) is 33.3 Å². The molecule has 61 heavy (non-hydrogen) atoms. The number of alkyl carbamates (subject to hydrolysis) is 2. The van der Waals surface area contributed by atoms with Crippen molar-refractivity contribution in [1.82, 2.24) is 26.2 Å². The second-order valence-electron chi connectivity index (χ2n) is 20.8. The Morgan fingerprint density at radius 1 is 0.508 bits per heavy atom. The molecule has 0 fully saturated rings. The fourth-order valence-corrected chi connectivity index (χ4v) is 5.68. The van der Waals surface area contributed by atoms with E-state index in [9.17, 15) is 28.8 Å². The predicted molar refractivity (Wildman–Crippen MR) is 234 cm³/mol. The number of carbonyl (C=O) groups is 6. The average Bonchev–Trinajstić information content (AvgIpc) is 3.10. The standard InChI is InChI=1S/C45H77N5O11/c1-40(2,3)60-38(55)48-26-44(11,12)30-58-28-42(7,8)24-34(51)46-20-22-50(36(53)32-16-18-33(19-17-32)37(54)57-15)23-21-47-35(52)25-43(9,10)29-59-31-45(13,14)27-49-39(56)61-41(4,5)6/h16-19H,20-31H2,1-15H3,(H,46,51)(H,47,52)(H,48,55)(H,49,56). The minimum absolute atomic E-state index is 0.160. The molecule has 0 saturated heterocycles. The van der Waals surface area contributed by atoms with Crippen molar-refractivity contribution in [2.45, 2.75) is 121 Å². The zero-order chi connectivity index (χ0) is 46.9. The lowest BCUT2D eigenvalue weighted by Crippen LogP contribution is -2.44. The lowest BCUT2D eigenvalue weighted by Gasteiger charge is -2.30. The Balaban J connectivity index is 2.76. The first kappa shape index (κ1) is 54.6. The Kier molecular flexibility index (Phi) is 21.2. The van der Waals surface area contributed by atoms with Gasteiger partial charge in [0.2, 0.25) is 11.8 Å². The normalized spacial score (nSPS) is 12.5. The first-order valence-corrected chi connectivity index (χ1v) is 20.9. The van der Waals surface area contributed by atoms with Gasteiger partial charge in [-0.2, -0.15) is 0 Å². The van der Waals surface area contributed by atoms with Crippen LogP contribution in [0.2, 0.25) is 0 Å². The molecule has 5 amide bonds. The number of amides is 5. The molecule has 0 radical (unpaired) electrons. The van der Waals surface area contributed by atoms with Crippen molar-refractivity contribution >= 4 is 35.9 Å². The van der Waals surface area contributed by atoms with Gasteiger partial charge in [-0.15, -0.1) is 0 Å². The van der Waals surface area contributed by atoms with Gasteiger partial charge in [0.15, 0.2) is 0 Å². The van der Waals surface area contributed by atoms with Crippen LogP contribution in [0.15, 0.2) is 24.3 Å². The molecule has 0 aliphatic rings. The second kappa shape index (κ2) is 23.7. The summed E-state index contributed by atoms with van der Waals surface area (Å²) in [6, 6.07) is 6.08. The molecular formula is C45H77N5O11. The van der Waals surface area contributed by atoms with Gasteiger partial charge in [-0.3, -0.25) is 14.4 Å². The molecule has 1 rings (SSSR count). The number of benzene rings is 1. The summed E-state index contributed by atoms with van der Waals surface area (Å²) in [6.45, 7) is 29.0. The smallest absolute Gasteiger partial charge is 0.407 e. The quantitative estimate of drug-likeness (QED) is 0.0690. The van der Waals surface area contributed by atoms with Crippen LogP contribution in [0.5, 0.6) is 0 Å². The molecule has 0 spiro atoms. The summed E-state index contributed by atoms with van der Waals surface area (Å²) < 4.78 is 27.4. The summed E-state index contributed by atoms with van der Waals surface area (Å²) in [7, 11) is 1.28. The Labute approximate surface area is 364 Å². The molecule has 0 saturated carbocycles. The van der Waals surface area contributed by atoms with Gasteiger partial charge in [0.05, 0.1) is 39.1 Å². The van der Waals surface area contributed by atoms with Gasteiger partial charge in [0, 0.05) is 68.5 Å². The molecule has 0 aliphatic heterocycles. The van der Waals surface area contributed by atoms with Crippen molar-refractivity contribution in [3.05, 3.63) is 35.4 Å². The van der Waals surface area contributed by atoms with E-state index in [4.69, 9.17) is 23.7 Å². The van der Waals surface area contributed by atoms with Crippen LogP contribution in [0, 0.1) is 21.7 Å². The fourth-order valence-electron chi connectivity index (χ4n) is 5.68. The molecule has 4 N–H and O–H groups in total. The summed E-state index contributed by atoms with van der Waals surface area (Å²) in [4.78, 5) is 77.5. The van der Waals surface area contributed by atoms with Crippen molar-refractivity contribution in [1.29, 1.82) is 0 Å². The van der Waals surface area contributed by atoms with Gasteiger partial charge in [-0.1, -0.05) is 55.4 Å². The van der Waals surface area contributed by atoms with Gasteiger partial charge in [-0.05, 0) is 76.6 Å². The molecule has 0 heterocycles. The van der Waals surface area contributed by atoms with E-state index in [1.165, 1.54) is 36.3 Å². The minimum Gasteiger partial charge on any atom is -0.465 e. The lowest BCUT2D eigenvalue weighted by atomic mass is 9.89. The topological polar surface area (TPSA) is 200 Å². The van der Waals surface area contributed by atoms with Crippen LogP contribution in [-0.4, -0.2) is 125 Å². The third-order valence-electron chi connectivity index (χ3n) is 8.72. The number of hydrogen-bond donors (Lipinski definition) is 4. The summed E-state index contributed by atoms with van der Waals surface area (Å²) in [6.07, 6.45) is -0.652. The highest BCUT2D eigenvalue weighted by atomic mass is 16.6. The second-order valence-corrected chi connectivity index (χ2v) is 20.8. The average molecular weight is 864 g/mol. The highest BCUT2D eigenvalue weighted by Crippen LogP contribution is 2.24. The molecule has 0 aromatic heterocycles. The molecule has 0 aliphatic carbocycles. The molecule has 348 valence electrons. The van der Waals surface area contributed by atoms with E-state index in [2.05, 4.69) is 21.3 Å². The molecule has 0 bridgehead atoms. The Bertz CT molecular complexity index is 1510. The number of ether oxygens (including phenoxy) is 5. The number of hydrogen-bond acceptors (Lipinski definition) is 11. The zero-order valence-electron chi connectivity index (χ0n) is 39.7. The maximum atomic E-state index is 13.7. The van der Waals surface area contributed by atoms with Crippen LogP contribution >= 0.6 is 0 Å². The molecule has 16 nitrogen and oxygen atoms in total. The minimum atomic E-state index is -0.596. The summed E-state index contributed by atoms with van der Waals surface area (Å²) in [5, 5.41) is 11.4. The third-order valence-corrected chi connectivity index (χ3v) is 8.72. The van der Waals surface area contributed by atoms with Crippen LogP contribution in [0.1, 0.15) is 130 Å². The van der Waals surface area contributed by atoms with Crippen molar-refractivity contribution in [3.8, 4) is 0 Å². The number of carbonyl (C=O) groups excluding carboxylic acids is 6. The predicted octanol–water partition coefficient (Wildman–Crippen LogP) is 6.12. The monoisotopic (exact) mass is 864 g/mol. The summed E-state index contributed by atoms with van der Waals surface area (Å²) in [5.74, 6) is -1.29. The van der Waals surface area contributed by atoms with Gasteiger partial charge < -0.3 is 49.9 Å². The molecule has 1 aromatic carbocycles. The Hall–Kier alpha value is -4.44. The van der Waals surface area contributed by atoms with Crippen LogP contribution < -0.4 is 21.3 Å². The van der Waals surface area contributed by atoms with Gasteiger partial charge in [0.1, 0.15) is 11.2 Å². The van der Waals surface area contributed by atoms with E-state index in [-0.39, 0.29) is 67.6 Å². The number of methoxy groups -OCH3 is 1. The zero-order valence-corrected chi connectivity index (χ0v) is 39.7. The van der Waals surface area contributed by atoms with E-state index in [0.717, 1.165) is 0 Å². The number of rotatable bonds is 24. The molecule has 0 atom stereocenters. The first-order chi connectivity index (χ1) is 27.8. The highest BCUT2D eigenvalue weighted by Gasteiger charge is 2.29. The van der Waals surface area contributed by atoms with E-state index in [1.807, 2.05) is 55.4 Å². The van der Waals surface area contributed by atoms with E-state index in [0.29, 0.717) is 50.6 Å². The fraction of sp³-hybridized carbons (Fsp3) is 0.733. The van der Waals surface area contributed by atoms with Gasteiger partial charge >= 0.3 is 18.2 Å². The number of nitrogens with one attached hydrogen (secondary N) is 4. The number of nitrogens with zero attached hydrogens (tertiary/aromatic N) is 1. The van der Waals surface area contributed by atoms with Gasteiger partial charge in [0.25, 0.3) is 5.91 Å². The van der Waals surface area contributed by atoms with Crippen molar-refractivity contribution in [3.63, 3.8) is 0 Å². The maximum absolute atomic E-state index is 13.7. The largest absolute Gasteiger partial charge is 0.465 e. The number of esters is 1. The Morgan fingerprint density at radius 2 is 0.852 bits per heavy atom. The highest BCUT2D eigenvalue weighted by molar-refractivity contribution is 5.96. The SMILES string of the molecule is COC(=O)c1ccc(C(=O)N(CCNC(=O)CC(C)(C)COCC(C)(C)CNC(=O)OC(C)(C)C)CCNC(=O)CC(C)(C)COCC(C)(C)CNC(=O)OC(C)(C)C)cc1. The molecule has 0 unspecified atom stereocenters. The van der Waals surface area contributed by atoms with Crippen molar-refractivity contribution in [2.75, 3.05) is 72.8 Å². The molecule has 1 aromatic rings. The van der Waals surface area contributed by atoms with E-state index < -0.39 is 40.2 Å². The van der Waals surface area contributed by atoms with Crippen molar-refractivity contribution in [2.24, 2.45) is 21.7 Å². The molecule has 16 heteroatoms. The molecular weight excluding hydrogens is 787 g/mol. The van der Waals surface area contributed by atoms with Crippen LogP contribution in [0.4, 0.5) is 9.59 Å². The Morgan fingerprint density at radius 3 is 1.20 bits per heavy atom. The van der Waals surface area contributed by atoms with Gasteiger partial charge in [-0.25, -0.2) is 14.4 Å². The first-order valence-electron chi connectivity index (χ1n) is 20.9. The third kappa shape index (κ3) is 25.2. The van der Waals surface area contributed by atoms with E-state index in [1.54, 1.807) is 41.5 Å². The summed E-state index contributed by atoms with van der Waals surface area (Å²) >= 11 is 0. The van der Waals surface area contributed by atoms with Crippen molar-refractivity contribution < 1.29 is 52.5 Å². The van der Waals surface area contributed by atoms with Crippen LogP contribution in [0.25, 0.3) is 0 Å². The van der Waals surface area contributed by atoms with E-state index >= 15 is 0 Å². The lowest BCUT2D eigenvalue weighted by molar-refractivity contribution is -0.124. The maximum Gasteiger partial charge on any atom is 0.407 e.